The van der Waals surface area contributed by atoms with Crippen molar-refractivity contribution in [3.8, 4) is 11.3 Å². The Morgan fingerprint density at radius 1 is 1.30 bits per heavy atom. The molecular weight excluding hydrogens is 355 g/mol. The average Bonchev–Trinajstić information content (AvgIpc) is 2.86. The molecule has 124 valence electrons. The van der Waals surface area contributed by atoms with E-state index in [0.29, 0.717) is 11.3 Å². The van der Waals surface area contributed by atoms with Gasteiger partial charge in [0.1, 0.15) is 0 Å². The van der Waals surface area contributed by atoms with Crippen molar-refractivity contribution in [2.45, 2.75) is 17.5 Å². The second-order valence-electron chi connectivity index (χ2n) is 4.55. The number of carbonyl (C=O) groups excluding carboxylic acids is 1. The van der Waals surface area contributed by atoms with Crippen LogP contribution in [-0.2, 0) is 27.4 Å². The molecular formula is C12H10F3N3O3S2. The first kappa shape index (κ1) is 17.4. The Morgan fingerprint density at radius 3 is 2.43 bits per heavy atom. The van der Waals surface area contributed by atoms with Crippen molar-refractivity contribution in [2.24, 2.45) is 10.9 Å². The molecule has 0 spiro atoms. The molecule has 11 heteroatoms. The van der Waals surface area contributed by atoms with Crippen molar-refractivity contribution in [1.82, 2.24) is 4.98 Å². The fourth-order valence-corrected chi connectivity index (χ4v) is 3.33. The summed E-state index contributed by atoms with van der Waals surface area (Å²) in [5, 5.41) is 5.08. The van der Waals surface area contributed by atoms with E-state index in [1.165, 1.54) is 12.1 Å². The van der Waals surface area contributed by atoms with E-state index < -0.39 is 32.0 Å². The number of carbonyl (C=O) groups is 1. The van der Waals surface area contributed by atoms with Crippen LogP contribution in [0.4, 0.5) is 13.2 Å². The highest BCUT2D eigenvalue weighted by Gasteiger charge is 2.35. The number of halogens is 3. The van der Waals surface area contributed by atoms with E-state index in [1.807, 2.05) is 0 Å². The topological polar surface area (TPSA) is 116 Å². The molecule has 2 rings (SSSR count). The third kappa shape index (κ3) is 4.06. The normalized spacial score (nSPS) is 12.3. The van der Waals surface area contributed by atoms with E-state index >= 15 is 0 Å². The van der Waals surface area contributed by atoms with Gasteiger partial charge >= 0.3 is 6.18 Å². The minimum atomic E-state index is -4.63. The minimum Gasteiger partial charge on any atom is -0.369 e. The number of alkyl halides is 3. The van der Waals surface area contributed by atoms with Gasteiger partial charge in [0.15, 0.2) is 5.01 Å². The Morgan fingerprint density at radius 2 is 1.96 bits per heavy atom. The van der Waals surface area contributed by atoms with Crippen LogP contribution < -0.4 is 10.9 Å². The number of thiazole rings is 1. The molecule has 1 aromatic heterocycles. The first-order chi connectivity index (χ1) is 10.5. The molecule has 0 aliphatic carbocycles. The monoisotopic (exact) mass is 365 g/mol. The maximum absolute atomic E-state index is 12.6. The zero-order valence-corrected chi connectivity index (χ0v) is 12.9. The third-order valence-corrected chi connectivity index (χ3v) is 4.59. The summed E-state index contributed by atoms with van der Waals surface area (Å²) < 4.78 is 61.2. The Balaban J connectivity index is 2.58. The first-order valence-electron chi connectivity index (χ1n) is 5.95. The second kappa shape index (κ2) is 5.91. The van der Waals surface area contributed by atoms with Gasteiger partial charge in [0.25, 0.3) is 0 Å². The highest BCUT2D eigenvalue weighted by molar-refractivity contribution is 7.89. The number of rotatable bonds is 4. The van der Waals surface area contributed by atoms with Gasteiger partial charge in [-0.2, -0.15) is 13.2 Å². The Hall–Kier alpha value is -1.98. The van der Waals surface area contributed by atoms with Crippen LogP contribution in [0.2, 0.25) is 0 Å². The molecule has 1 heterocycles. The van der Waals surface area contributed by atoms with Gasteiger partial charge in [-0.3, -0.25) is 4.79 Å². The largest absolute Gasteiger partial charge is 0.443 e. The van der Waals surface area contributed by atoms with Crippen molar-refractivity contribution < 1.29 is 26.4 Å². The number of nitrogens with zero attached hydrogens (tertiary/aromatic N) is 1. The molecule has 4 N–H and O–H groups in total. The summed E-state index contributed by atoms with van der Waals surface area (Å²) in [7, 11) is -4.23. The number of nitrogens with two attached hydrogens (primary N) is 2. The van der Waals surface area contributed by atoms with Crippen LogP contribution in [0.5, 0.6) is 0 Å². The zero-order chi connectivity index (χ0) is 17.4. The van der Waals surface area contributed by atoms with E-state index in [0.717, 1.165) is 11.4 Å². The number of hydrogen-bond donors (Lipinski definition) is 2. The third-order valence-electron chi connectivity index (χ3n) is 2.75. The maximum atomic E-state index is 12.6. The molecule has 0 aliphatic heterocycles. The Bertz CT molecular complexity index is 860. The summed E-state index contributed by atoms with van der Waals surface area (Å²) >= 11 is 0.340. The number of hydrogen-bond acceptors (Lipinski definition) is 5. The SMILES string of the molecule is NC(=O)Cc1ccc(-c2csc(C(F)(F)F)n2)c(S(N)(=O)=O)c1. The summed E-state index contributed by atoms with van der Waals surface area (Å²) in [6.45, 7) is 0. The number of aromatic nitrogens is 1. The molecule has 0 saturated heterocycles. The van der Waals surface area contributed by atoms with Crippen LogP contribution in [-0.4, -0.2) is 19.3 Å². The van der Waals surface area contributed by atoms with Gasteiger partial charge in [0, 0.05) is 10.9 Å². The van der Waals surface area contributed by atoms with Gasteiger partial charge in [0.2, 0.25) is 15.9 Å². The van der Waals surface area contributed by atoms with Crippen molar-refractivity contribution >= 4 is 27.3 Å². The van der Waals surface area contributed by atoms with Gasteiger partial charge in [-0.05, 0) is 11.6 Å². The zero-order valence-electron chi connectivity index (χ0n) is 11.3. The van der Waals surface area contributed by atoms with Crippen LogP contribution in [0.1, 0.15) is 10.6 Å². The highest BCUT2D eigenvalue weighted by atomic mass is 32.2. The minimum absolute atomic E-state index is 0.0764. The second-order valence-corrected chi connectivity index (χ2v) is 6.94. The van der Waals surface area contributed by atoms with Crippen LogP contribution in [0.15, 0.2) is 28.5 Å². The Kier molecular flexibility index (Phi) is 4.46. The van der Waals surface area contributed by atoms with E-state index in [9.17, 15) is 26.4 Å². The lowest BCUT2D eigenvalue weighted by Gasteiger charge is -2.08. The fourth-order valence-electron chi connectivity index (χ4n) is 1.85. The number of primary amides is 1. The predicted molar refractivity (Wildman–Crippen MR) is 76.8 cm³/mol. The highest BCUT2D eigenvalue weighted by Crippen LogP contribution is 2.36. The fraction of sp³-hybridized carbons (Fsp3) is 0.167. The summed E-state index contributed by atoms with van der Waals surface area (Å²) in [5.41, 5.74) is 5.06. The lowest BCUT2D eigenvalue weighted by Crippen LogP contribution is -2.16. The standard InChI is InChI=1S/C12H10F3N3O3S2/c13-12(14,15)11-18-8(5-22-11)7-2-1-6(4-10(16)19)3-9(7)23(17,20)21/h1-3,5H,4H2,(H2,16,19)(H2,17,20,21). The number of primary sulfonamides is 1. The van der Waals surface area contributed by atoms with Gasteiger partial charge in [-0.15, -0.1) is 11.3 Å². The smallest absolute Gasteiger partial charge is 0.369 e. The van der Waals surface area contributed by atoms with E-state index in [1.54, 1.807) is 0 Å². The molecule has 0 unspecified atom stereocenters. The first-order valence-corrected chi connectivity index (χ1v) is 8.38. The van der Waals surface area contributed by atoms with E-state index in [4.69, 9.17) is 10.9 Å². The lowest BCUT2D eigenvalue weighted by atomic mass is 10.1. The van der Waals surface area contributed by atoms with Crippen LogP contribution in [0.25, 0.3) is 11.3 Å². The number of amides is 1. The molecule has 23 heavy (non-hydrogen) atoms. The molecule has 0 atom stereocenters. The molecule has 1 amide bonds. The summed E-state index contributed by atoms with van der Waals surface area (Å²) in [6, 6.07) is 3.72. The lowest BCUT2D eigenvalue weighted by molar-refractivity contribution is -0.137. The van der Waals surface area contributed by atoms with Gasteiger partial charge in [-0.25, -0.2) is 18.5 Å². The molecule has 6 nitrogen and oxygen atoms in total. The van der Waals surface area contributed by atoms with Gasteiger partial charge < -0.3 is 5.73 Å². The number of benzene rings is 1. The molecule has 1 aromatic carbocycles. The van der Waals surface area contributed by atoms with Crippen molar-refractivity contribution in [3.63, 3.8) is 0 Å². The molecule has 0 saturated carbocycles. The van der Waals surface area contributed by atoms with Crippen LogP contribution >= 0.6 is 11.3 Å². The molecule has 0 bridgehead atoms. The van der Waals surface area contributed by atoms with Crippen LogP contribution in [0, 0.1) is 0 Å². The molecule has 0 aliphatic rings. The quantitative estimate of drug-likeness (QED) is 0.854. The van der Waals surface area contributed by atoms with Crippen molar-refractivity contribution in [3.05, 3.63) is 34.2 Å². The molecule has 0 radical (unpaired) electrons. The molecule has 0 fully saturated rings. The maximum Gasteiger partial charge on any atom is 0.443 e. The molecule has 2 aromatic rings. The number of sulfonamides is 1. The Labute approximate surface area is 133 Å². The summed E-state index contributed by atoms with van der Waals surface area (Å²) in [6.07, 6.45) is -4.86. The van der Waals surface area contributed by atoms with E-state index in [2.05, 4.69) is 4.98 Å². The van der Waals surface area contributed by atoms with Gasteiger partial charge in [-0.1, -0.05) is 12.1 Å². The summed E-state index contributed by atoms with van der Waals surface area (Å²) in [4.78, 5) is 13.9. The van der Waals surface area contributed by atoms with E-state index in [-0.39, 0.29) is 23.2 Å². The van der Waals surface area contributed by atoms with Gasteiger partial charge in [0.05, 0.1) is 17.0 Å². The van der Waals surface area contributed by atoms with Crippen molar-refractivity contribution in [2.75, 3.05) is 0 Å². The summed E-state index contributed by atoms with van der Waals surface area (Å²) in [5.74, 6) is -0.689. The van der Waals surface area contributed by atoms with Crippen molar-refractivity contribution in [1.29, 1.82) is 0 Å². The predicted octanol–water partition coefficient (Wildman–Crippen LogP) is 1.50. The van der Waals surface area contributed by atoms with Crippen LogP contribution in [0.3, 0.4) is 0 Å². The average molecular weight is 365 g/mol.